The van der Waals surface area contributed by atoms with Crippen molar-refractivity contribution in [3.8, 4) is 0 Å². The quantitative estimate of drug-likeness (QED) is 0.841. The topological polar surface area (TPSA) is 61.4 Å². The number of benzene rings is 1. The Hall–Kier alpha value is -0.820. The summed E-state index contributed by atoms with van der Waals surface area (Å²) >= 11 is 6.03. The van der Waals surface area contributed by atoms with Crippen molar-refractivity contribution in [2.24, 2.45) is 0 Å². The maximum absolute atomic E-state index is 12.6. The van der Waals surface area contributed by atoms with E-state index in [-0.39, 0.29) is 6.04 Å². The van der Waals surface area contributed by atoms with Gasteiger partial charge in [-0.15, -0.1) is 0 Å². The van der Waals surface area contributed by atoms with Crippen LogP contribution in [-0.4, -0.2) is 38.4 Å². The Morgan fingerprint density at radius 1 is 1.33 bits per heavy atom. The molecule has 7 heteroatoms. The van der Waals surface area contributed by atoms with Gasteiger partial charge in [0.1, 0.15) is 0 Å². The van der Waals surface area contributed by atoms with E-state index in [1.807, 2.05) is 6.92 Å². The number of para-hydroxylation sites is 1. The predicted molar refractivity (Wildman–Crippen MR) is 86.9 cm³/mol. The first-order valence-corrected chi connectivity index (χ1v) is 9.11. The van der Waals surface area contributed by atoms with Gasteiger partial charge < -0.3 is 5.32 Å². The first-order valence-electron chi connectivity index (χ1n) is 7.29. The second-order valence-electron chi connectivity index (χ2n) is 5.15. The van der Waals surface area contributed by atoms with Crippen molar-refractivity contribution in [2.75, 3.05) is 24.4 Å². The van der Waals surface area contributed by atoms with E-state index in [4.69, 9.17) is 11.6 Å². The highest BCUT2D eigenvalue weighted by Gasteiger charge is 2.32. The number of likely N-dealkylation sites (N-methyl/N-ethyl adjacent to an activating group) is 1. The van der Waals surface area contributed by atoms with Gasteiger partial charge in [-0.05, 0) is 31.5 Å². The van der Waals surface area contributed by atoms with Crippen LogP contribution in [0.3, 0.4) is 0 Å². The largest absolute Gasteiger partial charge is 0.315 e. The summed E-state index contributed by atoms with van der Waals surface area (Å²) in [6.07, 6.45) is 2.84. The first kappa shape index (κ1) is 16.5. The summed E-state index contributed by atoms with van der Waals surface area (Å²) in [5.41, 5.74) is 0.423. The summed E-state index contributed by atoms with van der Waals surface area (Å²) in [4.78, 5) is 0. The zero-order chi connectivity index (χ0) is 15.3. The molecule has 5 nitrogen and oxygen atoms in total. The third kappa shape index (κ3) is 4.32. The van der Waals surface area contributed by atoms with Crippen molar-refractivity contribution in [1.82, 2.24) is 9.62 Å². The Labute approximate surface area is 131 Å². The van der Waals surface area contributed by atoms with Crippen LogP contribution in [0.15, 0.2) is 24.3 Å². The van der Waals surface area contributed by atoms with E-state index in [9.17, 15) is 8.42 Å². The fourth-order valence-electron chi connectivity index (χ4n) is 2.55. The van der Waals surface area contributed by atoms with Crippen molar-refractivity contribution in [1.29, 1.82) is 0 Å². The third-order valence-electron chi connectivity index (χ3n) is 3.62. The van der Waals surface area contributed by atoms with Crippen LogP contribution in [-0.2, 0) is 10.2 Å². The molecular formula is C14H22ClN3O2S. The van der Waals surface area contributed by atoms with Gasteiger partial charge >= 0.3 is 10.2 Å². The van der Waals surface area contributed by atoms with E-state index in [0.29, 0.717) is 23.8 Å². The number of hydrogen-bond acceptors (Lipinski definition) is 3. The third-order valence-corrected chi connectivity index (χ3v) is 5.53. The van der Waals surface area contributed by atoms with Gasteiger partial charge in [0, 0.05) is 19.1 Å². The minimum Gasteiger partial charge on any atom is -0.315 e. The van der Waals surface area contributed by atoms with Crippen molar-refractivity contribution in [3.63, 3.8) is 0 Å². The summed E-state index contributed by atoms with van der Waals surface area (Å²) in [5, 5.41) is 3.64. The minimum atomic E-state index is -3.58. The minimum absolute atomic E-state index is 0.00122. The molecule has 1 aliphatic rings. The van der Waals surface area contributed by atoms with Crippen LogP contribution in [0.1, 0.15) is 26.2 Å². The lowest BCUT2D eigenvalue weighted by atomic mass is 10.1. The zero-order valence-electron chi connectivity index (χ0n) is 12.2. The number of halogens is 1. The molecule has 1 unspecified atom stereocenters. The molecule has 1 aromatic carbocycles. The lowest BCUT2D eigenvalue weighted by Crippen LogP contribution is -2.50. The van der Waals surface area contributed by atoms with E-state index >= 15 is 0 Å². The number of rotatable bonds is 6. The summed E-state index contributed by atoms with van der Waals surface area (Å²) in [7, 11) is -3.58. The van der Waals surface area contributed by atoms with E-state index in [1.54, 1.807) is 28.6 Å². The van der Waals surface area contributed by atoms with E-state index in [0.717, 1.165) is 25.8 Å². The summed E-state index contributed by atoms with van der Waals surface area (Å²) in [5.74, 6) is 0. The van der Waals surface area contributed by atoms with Crippen molar-refractivity contribution in [3.05, 3.63) is 29.3 Å². The SMILES string of the molecule is CCNCC1CCCCN1S(=O)(=O)Nc1ccccc1Cl. The van der Waals surface area contributed by atoms with Crippen molar-refractivity contribution >= 4 is 27.5 Å². The highest BCUT2D eigenvalue weighted by atomic mass is 35.5. The maximum atomic E-state index is 12.6. The van der Waals surface area contributed by atoms with Gasteiger partial charge in [-0.3, -0.25) is 4.72 Å². The lowest BCUT2D eigenvalue weighted by molar-refractivity contribution is 0.248. The first-order chi connectivity index (χ1) is 10.0. The molecule has 0 radical (unpaired) electrons. The molecule has 1 atom stereocenters. The molecule has 0 spiro atoms. The van der Waals surface area contributed by atoms with Crippen LogP contribution in [0.4, 0.5) is 5.69 Å². The number of hydrogen-bond donors (Lipinski definition) is 2. The van der Waals surface area contributed by atoms with Gasteiger partial charge in [0.15, 0.2) is 0 Å². The predicted octanol–water partition coefficient (Wildman–Crippen LogP) is 2.46. The molecule has 0 saturated carbocycles. The highest BCUT2D eigenvalue weighted by molar-refractivity contribution is 7.90. The number of piperidine rings is 1. The average Bonchev–Trinajstić information content (AvgIpc) is 2.47. The smallest absolute Gasteiger partial charge is 0.301 e. The van der Waals surface area contributed by atoms with Gasteiger partial charge in [-0.1, -0.05) is 37.1 Å². The normalized spacial score (nSPS) is 20.4. The summed E-state index contributed by atoms with van der Waals surface area (Å²) in [6, 6.07) is 6.87. The number of nitrogens with zero attached hydrogens (tertiary/aromatic N) is 1. The zero-order valence-corrected chi connectivity index (χ0v) is 13.8. The second kappa shape index (κ2) is 7.45. The van der Waals surface area contributed by atoms with Crippen LogP contribution in [0.2, 0.25) is 5.02 Å². The molecule has 118 valence electrons. The average molecular weight is 332 g/mol. The van der Waals surface area contributed by atoms with Gasteiger partial charge in [0.05, 0.1) is 10.7 Å². The fraction of sp³-hybridized carbons (Fsp3) is 0.571. The molecule has 1 heterocycles. The Kier molecular flexibility index (Phi) is 5.87. The Morgan fingerprint density at radius 3 is 2.81 bits per heavy atom. The molecule has 0 bridgehead atoms. The Balaban J connectivity index is 2.14. The summed E-state index contributed by atoms with van der Waals surface area (Å²) < 4.78 is 29.4. The highest BCUT2D eigenvalue weighted by Crippen LogP contribution is 2.25. The molecule has 1 aliphatic heterocycles. The number of nitrogens with one attached hydrogen (secondary N) is 2. The molecule has 2 rings (SSSR count). The van der Waals surface area contributed by atoms with Crippen molar-refractivity contribution < 1.29 is 8.42 Å². The molecule has 1 aromatic rings. The monoisotopic (exact) mass is 331 g/mol. The van der Waals surface area contributed by atoms with Gasteiger partial charge in [0.25, 0.3) is 0 Å². The van der Waals surface area contributed by atoms with E-state index in [2.05, 4.69) is 10.0 Å². The fourth-order valence-corrected chi connectivity index (χ4v) is 4.30. The molecular weight excluding hydrogens is 310 g/mol. The van der Waals surface area contributed by atoms with Crippen molar-refractivity contribution in [2.45, 2.75) is 32.2 Å². The number of anilines is 1. The molecule has 1 fully saturated rings. The van der Waals surface area contributed by atoms with Gasteiger partial charge in [0.2, 0.25) is 0 Å². The molecule has 0 aromatic heterocycles. The van der Waals surface area contributed by atoms with Crippen LogP contribution >= 0.6 is 11.6 Å². The maximum Gasteiger partial charge on any atom is 0.301 e. The molecule has 1 saturated heterocycles. The molecule has 0 aliphatic carbocycles. The molecule has 0 amide bonds. The summed E-state index contributed by atoms with van der Waals surface area (Å²) in [6.45, 7) is 4.09. The molecule has 21 heavy (non-hydrogen) atoms. The Morgan fingerprint density at radius 2 is 2.10 bits per heavy atom. The second-order valence-corrected chi connectivity index (χ2v) is 7.19. The van der Waals surface area contributed by atoms with Gasteiger partial charge in [-0.25, -0.2) is 0 Å². The standard InChI is InChI=1S/C14H22ClN3O2S/c1-2-16-11-12-7-5-6-10-18(12)21(19,20)17-14-9-4-3-8-13(14)15/h3-4,8-9,12,16-17H,2,5-7,10-11H2,1H3. The van der Waals surface area contributed by atoms with Gasteiger partial charge in [-0.2, -0.15) is 12.7 Å². The molecule has 2 N–H and O–H groups in total. The lowest BCUT2D eigenvalue weighted by Gasteiger charge is -2.34. The van der Waals surface area contributed by atoms with Crippen LogP contribution in [0, 0.1) is 0 Å². The van der Waals surface area contributed by atoms with E-state index in [1.165, 1.54) is 0 Å². The van der Waals surface area contributed by atoms with Crippen LogP contribution in [0.25, 0.3) is 0 Å². The van der Waals surface area contributed by atoms with Crippen LogP contribution in [0.5, 0.6) is 0 Å². The Bertz CT molecular complexity index is 565. The van der Waals surface area contributed by atoms with E-state index < -0.39 is 10.2 Å². The van der Waals surface area contributed by atoms with Crippen LogP contribution < -0.4 is 10.0 Å².